The van der Waals surface area contributed by atoms with Crippen LogP contribution >= 0.6 is 0 Å². The summed E-state index contributed by atoms with van der Waals surface area (Å²) < 4.78 is 18.2. The van der Waals surface area contributed by atoms with Gasteiger partial charge in [0.15, 0.2) is 6.61 Å². The summed E-state index contributed by atoms with van der Waals surface area (Å²) in [7, 11) is 1.67. The van der Waals surface area contributed by atoms with Crippen LogP contribution in [0.4, 0.5) is 10.1 Å². The van der Waals surface area contributed by atoms with Crippen LogP contribution in [-0.2, 0) is 11.3 Å². The molecule has 0 unspecified atom stereocenters. The SMILES string of the molecule is CN(Cc1ccc(F)cc1)C(=O)c1ccc2c(c1)NC(=O)CO2. The van der Waals surface area contributed by atoms with Gasteiger partial charge in [-0.25, -0.2) is 4.39 Å². The van der Waals surface area contributed by atoms with Crippen LogP contribution in [0.3, 0.4) is 0 Å². The van der Waals surface area contributed by atoms with Gasteiger partial charge in [0.25, 0.3) is 11.8 Å². The molecular formula is C17H15FN2O3. The number of amides is 2. The fourth-order valence-corrected chi connectivity index (χ4v) is 2.37. The molecule has 0 radical (unpaired) electrons. The second kappa shape index (κ2) is 6.08. The summed E-state index contributed by atoms with van der Waals surface area (Å²) in [6.45, 7) is 0.337. The van der Waals surface area contributed by atoms with E-state index in [0.29, 0.717) is 23.5 Å². The molecule has 2 amide bonds. The minimum Gasteiger partial charge on any atom is -0.482 e. The number of carbonyl (C=O) groups is 2. The minimum absolute atomic E-state index is 0.0231. The van der Waals surface area contributed by atoms with Gasteiger partial charge >= 0.3 is 0 Å². The van der Waals surface area contributed by atoms with Crippen LogP contribution in [-0.4, -0.2) is 30.4 Å². The van der Waals surface area contributed by atoms with Gasteiger partial charge in [0.1, 0.15) is 11.6 Å². The summed E-state index contributed by atoms with van der Waals surface area (Å²) in [4.78, 5) is 25.4. The number of ether oxygens (including phenoxy) is 1. The summed E-state index contributed by atoms with van der Waals surface area (Å²) in [6.07, 6.45) is 0. The molecule has 1 aliphatic heterocycles. The van der Waals surface area contributed by atoms with Crippen LogP contribution in [0.2, 0.25) is 0 Å². The fraction of sp³-hybridized carbons (Fsp3) is 0.176. The molecule has 118 valence electrons. The van der Waals surface area contributed by atoms with Crippen LogP contribution < -0.4 is 10.1 Å². The van der Waals surface area contributed by atoms with Crippen LogP contribution in [0, 0.1) is 5.82 Å². The van der Waals surface area contributed by atoms with Gasteiger partial charge in [-0.3, -0.25) is 9.59 Å². The van der Waals surface area contributed by atoms with Crippen molar-refractivity contribution in [2.45, 2.75) is 6.54 Å². The molecule has 0 atom stereocenters. The van der Waals surface area contributed by atoms with Gasteiger partial charge in [-0.15, -0.1) is 0 Å². The standard InChI is InChI=1S/C17H15FN2O3/c1-20(9-11-2-5-13(18)6-3-11)17(22)12-4-7-15-14(8-12)19-16(21)10-23-15/h2-8H,9-10H2,1H3,(H,19,21). The third-order valence-electron chi connectivity index (χ3n) is 3.54. The van der Waals surface area contributed by atoms with Crippen LogP contribution in [0.15, 0.2) is 42.5 Å². The van der Waals surface area contributed by atoms with E-state index in [9.17, 15) is 14.0 Å². The zero-order valence-corrected chi connectivity index (χ0v) is 12.5. The highest BCUT2D eigenvalue weighted by Crippen LogP contribution is 2.28. The number of fused-ring (bicyclic) bond motifs is 1. The number of rotatable bonds is 3. The van der Waals surface area contributed by atoms with Crippen molar-refractivity contribution in [2.24, 2.45) is 0 Å². The molecule has 0 aliphatic carbocycles. The maximum Gasteiger partial charge on any atom is 0.262 e. The van der Waals surface area contributed by atoms with Crippen LogP contribution in [0.1, 0.15) is 15.9 Å². The lowest BCUT2D eigenvalue weighted by Crippen LogP contribution is -2.28. The van der Waals surface area contributed by atoms with E-state index in [1.807, 2.05) is 0 Å². The van der Waals surface area contributed by atoms with Gasteiger partial charge in [-0.1, -0.05) is 12.1 Å². The molecule has 6 heteroatoms. The summed E-state index contributed by atoms with van der Waals surface area (Å²) in [5.74, 6) is -0.214. The first-order valence-corrected chi connectivity index (χ1v) is 7.09. The quantitative estimate of drug-likeness (QED) is 0.946. The molecule has 0 saturated carbocycles. The maximum absolute atomic E-state index is 12.9. The molecule has 1 aliphatic rings. The molecule has 5 nitrogen and oxygen atoms in total. The molecule has 0 saturated heterocycles. The second-order valence-corrected chi connectivity index (χ2v) is 5.34. The number of benzene rings is 2. The third kappa shape index (κ3) is 3.31. The molecule has 2 aromatic rings. The van der Waals surface area contributed by atoms with E-state index in [0.717, 1.165) is 5.56 Å². The highest BCUT2D eigenvalue weighted by atomic mass is 19.1. The van der Waals surface area contributed by atoms with Gasteiger partial charge in [-0.2, -0.15) is 0 Å². The van der Waals surface area contributed by atoms with Crippen molar-refractivity contribution in [2.75, 3.05) is 19.0 Å². The van der Waals surface area contributed by atoms with Crippen molar-refractivity contribution in [1.29, 1.82) is 0 Å². The number of carbonyl (C=O) groups excluding carboxylic acids is 2. The van der Waals surface area contributed by atoms with Gasteiger partial charge in [0.05, 0.1) is 5.69 Å². The number of hydrogen-bond acceptors (Lipinski definition) is 3. The summed E-state index contributed by atoms with van der Waals surface area (Å²) >= 11 is 0. The number of hydrogen-bond donors (Lipinski definition) is 1. The highest BCUT2D eigenvalue weighted by Gasteiger charge is 2.19. The van der Waals surface area contributed by atoms with Crippen molar-refractivity contribution in [3.63, 3.8) is 0 Å². The first-order valence-electron chi connectivity index (χ1n) is 7.09. The molecule has 0 bridgehead atoms. The molecular weight excluding hydrogens is 299 g/mol. The van der Waals surface area contributed by atoms with E-state index < -0.39 is 0 Å². The number of halogens is 1. The Morgan fingerprint density at radius 3 is 2.74 bits per heavy atom. The van der Waals surface area contributed by atoms with E-state index in [1.165, 1.54) is 17.0 Å². The van der Waals surface area contributed by atoms with Crippen molar-refractivity contribution >= 4 is 17.5 Å². The lowest BCUT2D eigenvalue weighted by Gasteiger charge is -2.21. The zero-order valence-electron chi connectivity index (χ0n) is 12.5. The molecule has 2 aromatic carbocycles. The Hall–Kier alpha value is -2.89. The Balaban J connectivity index is 1.75. The predicted molar refractivity (Wildman–Crippen MR) is 82.8 cm³/mol. The van der Waals surface area contributed by atoms with Crippen LogP contribution in [0.25, 0.3) is 0 Å². The summed E-state index contributed by atoms with van der Waals surface area (Å²) in [5, 5.41) is 2.67. The molecule has 3 rings (SSSR count). The van der Waals surface area contributed by atoms with Crippen molar-refractivity contribution in [3.8, 4) is 5.75 Å². The molecule has 23 heavy (non-hydrogen) atoms. The van der Waals surface area contributed by atoms with E-state index in [4.69, 9.17) is 4.74 Å². The van der Waals surface area contributed by atoms with Crippen molar-refractivity contribution < 1.29 is 18.7 Å². The monoisotopic (exact) mass is 314 g/mol. The first kappa shape index (κ1) is 15.0. The van der Waals surface area contributed by atoms with Gasteiger partial charge in [-0.05, 0) is 35.9 Å². The summed E-state index contributed by atoms with van der Waals surface area (Å²) in [5.41, 5.74) is 1.76. The molecule has 0 aromatic heterocycles. The maximum atomic E-state index is 12.9. The van der Waals surface area contributed by atoms with Crippen molar-refractivity contribution in [3.05, 3.63) is 59.4 Å². The Morgan fingerprint density at radius 2 is 2.00 bits per heavy atom. The second-order valence-electron chi connectivity index (χ2n) is 5.34. The molecule has 1 heterocycles. The van der Waals surface area contributed by atoms with E-state index in [1.54, 1.807) is 37.4 Å². The first-order chi connectivity index (χ1) is 11.0. The average molecular weight is 314 g/mol. The van der Waals surface area contributed by atoms with Crippen molar-refractivity contribution in [1.82, 2.24) is 4.90 Å². The van der Waals surface area contributed by atoms with Crippen LogP contribution in [0.5, 0.6) is 5.75 Å². The zero-order chi connectivity index (χ0) is 16.4. The van der Waals surface area contributed by atoms with Gasteiger partial charge in [0, 0.05) is 19.2 Å². The van der Waals surface area contributed by atoms with Gasteiger partial charge in [0.2, 0.25) is 0 Å². The molecule has 1 N–H and O–H groups in total. The largest absolute Gasteiger partial charge is 0.482 e. The number of nitrogens with one attached hydrogen (secondary N) is 1. The van der Waals surface area contributed by atoms with E-state index in [-0.39, 0.29) is 24.2 Å². The number of anilines is 1. The Morgan fingerprint density at radius 1 is 1.26 bits per heavy atom. The molecule has 0 fully saturated rings. The highest BCUT2D eigenvalue weighted by molar-refractivity contribution is 5.99. The third-order valence-corrected chi connectivity index (χ3v) is 3.54. The topological polar surface area (TPSA) is 58.6 Å². The minimum atomic E-state index is -0.312. The fourth-order valence-electron chi connectivity index (χ4n) is 2.37. The Kier molecular flexibility index (Phi) is 3.97. The Bertz CT molecular complexity index is 759. The smallest absolute Gasteiger partial charge is 0.262 e. The molecule has 0 spiro atoms. The van der Waals surface area contributed by atoms with E-state index >= 15 is 0 Å². The lowest BCUT2D eigenvalue weighted by atomic mass is 10.1. The van der Waals surface area contributed by atoms with E-state index in [2.05, 4.69) is 5.32 Å². The predicted octanol–water partition coefficient (Wildman–Crippen LogP) is 2.43. The normalized spacial score (nSPS) is 12.9. The van der Waals surface area contributed by atoms with Gasteiger partial charge < -0.3 is 15.0 Å². The average Bonchev–Trinajstić information content (AvgIpc) is 2.55. The number of nitrogens with zero attached hydrogens (tertiary/aromatic N) is 1. The Labute approximate surface area is 132 Å². The summed E-state index contributed by atoms with van der Waals surface area (Å²) in [6, 6.07) is 10.9. The lowest BCUT2D eigenvalue weighted by molar-refractivity contribution is -0.118.